The van der Waals surface area contributed by atoms with Crippen molar-refractivity contribution in [2.24, 2.45) is 0 Å². The molecule has 0 amide bonds. The normalized spacial score (nSPS) is 14.7. The van der Waals surface area contributed by atoms with Crippen LogP contribution in [0.4, 0.5) is 0 Å². The van der Waals surface area contributed by atoms with Gasteiger partial charge in [-0.3, -0.25) is 0 Å². The molecule has 3 nitrogen and oxygen atoms in total. The molecule has 0 saturated heterocycles. The van der Waals surface area contributed by atoms with E-state index in [2.05, 4.69) is 40.5 Å². The minimum absolute atomic E-state index is 0.609. The van der Waals surface area contributed by atoms with Crippen molar-refractivity contribution < 1.29 is 4.74 Å². The summed E-state index contributed by atoms with van der Waals surface area (Å²) in [5.41, 5.74) is 2.54. The number of aromatic nitrogens is 1. The van der Waals surface area contributed by atoms with Crippen LogP contribution in [-0.2, 0) is 24.6 Å². The zero-order valence-electron chi connectivity index (χ0n) is 11.1. The lowest BCUT2D eigenvalue weighted by Gasteiger charge is -2.05. The van der Waals surface area contributed by atoms with E-state index in [4.69, 9.17) is 4.74 Å². The highest BCUT2D eigenvalue weighted by Gasteiger charge is 2.19. The smallest absolute Gasteiger partial charge is 0.122 e. The number of rotatable bonds is 7. The highest BCUT2D eigenvalue weighted by molar-refractivity contribution is 5.13. The molecule has 100 valence electrons. The standard InChI is InChI=1S/C16H20N2O/c1-2-4-14(5-3-1)12-19-13-18-9-8-15(11-18)10-17-16-6-7-16/h1-5,8-9,11,16-17H,6-7,10,12-13H2. The van der Waals surface area contributed by atoms with Crippen molar-refractivity contribution >= 4 is 0 Å². The van der Waals surface area contributed by atoms with Gasteiger partial charge < -0.3 is 14.6 Å². The van der Waals surface area contributed by atoms with Gasteiger partial charge in [-0.1, -0.05) is 30.3 Å². The van der Waals surface area contributed by atoms with Crippen LogP contribution in [0.25, 0.3) is 0 Å². The van der Waals surface area contributed by atoms with E-state index >= 15 is 0 Å². The van der Waals surface area contributed by atoms with E-state index in [1.54, 1.807) is 0 Å². The Morgan fingerprint density at radius 1 is 1.11 bits per heavy atom. The quantitative estimate of drug-likeness (QED) is 0.824. The fraction of sp³-hybridized carbons (Fsp3) is 0.375. The summed E-state index contributed by atoms with van der Waals surface area (Å²) in [5.74, 6) is 0. The number of nitrogens with zero attached hydrogens (tertiary/aromatic N) is 1. The van der Waals surface area contributed by atoms with E-state index in [0.29, 0.717) is 13.3 Å². The second-order valence-corrected chi connectivity index (χ2v) is 5.15. The van der Waals surface area contributed by atoms with Crippen LogP contribution >= 0.6 is 0 Å². The first kappa shape index (κ1) is 12.5. The molecule has 1 fully saturated rings. The molecule has 19 heavy (non-hydrogen) atoms. The van der Waals surface area contributed by atoms with Gasteiger partial charge in [0, 0.05) is 25.0 Å². The zero-order valence-corrected chi connectivity index (χ0v) is 11.1. The largest absolute Gasteiger partial charge is 0.356 e. The summed E-state index contributed by atoms with van der Waals surface area (Å²) in [4.78, 5) is 0. The first-order valence-electron chi connectivity index (χ1n) is 6.90. The van der Waals surface area contributed by atoms with Crippen molar-refractivity contribution in [3.8, 4) is 0 Å². The molecule has 0 atom stereocenters. The topological polar surface area (TPSA) is 26.2 Å². The molecule has 1 N–H and O–H groups in total. The van der Waals surface area contributed by atoms with Gasteiger partial charge in [0.2, 0.25) is 0 Å². The molecule has 1 aromatic carbocycles. The van der Waals surface area contributed by atoms with Gasteiger partial charge >= 0.3 is 0 Å². The maximum atomic E-state index is 5.70. The molecule has 0 aliphatic heterocycles. The number of nitrogens with one attached hydrogen (secondary N) is 1. The van der Waals surface area contributed by atoms with Gasteiger partial charge in [-0.25, -0.2) is 0 Å². The monoisotopic (exact) mass is 256 g/mol. The summed E-state index contributed by atoms with van der Waals surface area (Å²) in [6.45, 7) is 2.24. The van der Waals surface area contributed by atoms with Crippen LogP contribution in [-0.4, -0.2) is 10.6 Å². The van der Waals surface area contributed by atoms with Gasteiger partial charge in [0.05, 0.1) is 6.61 Å². The third-order valence-corrected chi connectivity index (χ3v) is 3.34. The van der Waals surface area contributed by atoms with Crippen molar-refractivity contribution in [1.82, 2.24) is 9.88 Å². The molecule has 3 heteroatoms. The Labute approximate surface area is 114 Å². The van der Waals surface area contributed by atoms with Gasteiger partial charge in [0.1, 0.15) is 6.73 Å². The molecule has 1 aliphatic rings. The Morgan fingerprint density at radius 3 is 2.74 bits per heavy atom. The lowest BCUT2D eigenvalue weighted by molar-refractivity contribution is 0.0641. The summed E-state index contributed by atoms with van der Waals surface area (Å²) in [6.07, 6.45) is 6.90. The van der Waals surface area contributed by atoms with Gasteiger partial charge in [-0.15, -0.1) is 0 Å². The van der Waals surface area contributed by atoms with Crippen molar-refractivity contribution in [3.05, 3.63) is 59.9 Å². The van der Waals surface area contributed by atoms with Crippen LogP contribution in [0.15, 0.2) is 48.8 Å². The Bertz CT molecular complexity index is 502. The lowest BCUT2D eigenvalue weighted by atomic mass is 10.2. The van der Waals surface area contributed by atoms with Crippen molar-refractivity contribution in [2.75, 3.05) is 0 Å². The Kier molecular flexibility index (Phi) is 3.96. The molecule has 1 aliphatic carbocycles. The van der Waals surface area contributed by atoms with Crippen molar-refractivity contribution in [3.63, 3.8) is 0 Å². The fourth-order valence-electron chi connectivity index (χ4n) is 2.07. The minimum Gasteiger partial charge on any atom is -0.356 e. The maximum absolute atomic E-state index is 5.70. The number of hydrogen-bond acceptors (Lipinski definition) is 2. The highest BCUT2D eigenvalue weighted by Crippen LogP contribution is 2.19. The number of hydrogen-bond donors (Lipinski definition) is 1. The van der Waals surface area contributed by atoms with Crippen LogP contribution in [0.5, 0.6) is 0 Å². The van der Waals surface area contributed by atoms with Gasteiger partial charge in [-0.05, 0) is 30.0 Å². The SMILES string of the molecule is c1ccc(COCn2ccc(CNC3CC3)c2)cc1. The highest BCUT2D eigenvalue weighted by atomic mass is 16.5. The van der Waals surface area contributed by atoms with Crippen molar-refractivity contribution in [1.29, 1.82) is 0 Å². The van der Waals surface area contributed by atoms with E-state index < -0.39 is 0 Å². The molecule has 1 aromatic heterocycles. The van der Waals surface area contributed by atoms with E-state index in [1.165, 1.54) is 24.0 Å². The minimum atomic E-state index is 0.609. The average Bonchev–Trinajstić information content (AvgIpc) is 3.17. The van der Waals surface area contributed by atoms with Crippen LogP contribution < -0.4 is 5.32 Å². The third kappa shape index (κ3) is 3.94. The average molecular weight is 256 g/mol. The molecule has 0 spiro atoms. The van der Waals surface area contributed by atoms with Crippen LogP contribution in [0, 0.1) is 0 Å². The van der Waals surface area contributed by atoms with E-state index in [-0.39, 0.29) is 0 Å². The molecular weight excluding hydrogens is 236 g/mol. The lowest BCUT2D eigenvalue weighted by Crippen LogP contribution is -2.14. The first-order chi connectivity index (χ1) is 9.40. The summed E-state index contributed by atoms with van der Waals surface area (Å²) in [7, 11) is 0. The van der Waals surface area contributed by atoms with Crippen LogP contribution in [0.3, 0.4) is 0 Å². The van der Waals surface area contributed by atoms with Crippen LogP contribution in [0.1, 0.15) is 24.0 Å². The molecule has 0 unspecified atom stereocenters. The molecule has 2 aromatic rings. The molecule has 0 radical (unpaired) electrons. The predicted molar refractivity (Wildman–Crippen MR) is 75.5 cm³/mol. The molecule has 3 rings (SSSR count). The first-order valence-corrected chi connectivity index (χ1v) is 6.90. The molecule has 1 heterocycles. The predicted octanol–water partition coefficient (Wildman–Crippen LogP) is 2.91. The number of benzene rings is 1. The van der Waals surface area contributed by atoms with E-state index in [0.717, 1.165) is 12.6 Å². The Morgan fingerprint density at radius 2 is 1.95 bits per heavy atom. The van der Waals surface area contributed by atoms with E-state index in [9.17, 15) is 0 Å². The Balaban J connectivity index is 1.42. The van der Waals surface area contributed by atoms with Gasteiger partial charge in [0.25, 0.3) is 0 Å². The maximum Gasteiger partial charge on any atom is 0.122 e. The van der Waals surface area contributed by atoms with Gasteiger partial charge in [-0.2, -0.15) is 0 Å². The second-order valence-electron chi connectivity index (χ2n) is 5.15. The third-order valence-electron chi connectivity index (χ3n) is 3.34. The van der Waals surface area contributed by atoms with Crippen molar-refractivity contribution in [2.45, 2.75) is 38.8 Å². The van der Waals surface area contributed by atoms with Gasteiger partial charge in [0.15, 0.2) is 0 Å². The molecular formula is C16H20N2O. The van der Waals surface area contributed by atoms with E-state index in [1.807, 2.05) is 18.2 Å². The molecule has 1 saturated carbocycles. The van der Waals surface area contributed by atoms with Crippen LogP contribution in [0.2, 0.25) is 0 Å². The summed E-state index contributed by atoms with van der Waals surface area (Å²) < 4.78 is 7.79. The molecule has 0 bridgehead atoms. The fourth-order valence-corrected chi connectivity index (χ4v) is 2.07. The second kappa shape index (κ2) is 6.04. The summed E-state index contributed by atoms with van der Waals surface area (Å²) in [5, 5.41) is 3.51. The number of ether oxygens (including phenoxy) is 1. The zero-order chi connectivity index (χ0) is 12.9. The summed E-state index contributed by atoms with van der Waals surface area (Å²) in [6, 6.07) is 13.2. The Hall–Kier alpha value is -1.58. The summed E-state index contributed by atoms with van der Waals surface area (Å²) >= 11 is 0.